The number of nitrogens with one attached hydrogen (secondary N) is 1. The Kier molecular flexibility index (Phi) is 2.53. The summed E-state index contributed by atoms with van der Waals surface area (Å²) >= 11 is 1.43. The molecule has 0 atom stereocenters. The van der Waals surface area contributed by atoms with Gasteiger partial charge in [0.15, 0.2) is 0 Å². The van der Waals surface area contributed by atoms with Crippen LogP contribution < -0.4 is 3.87 Å². The van der Waals surface area contributed by atoms with Gasteiger partial charge in [0.1, 0.15) is 0 Å². The Bertz CT molecular complexity index is 451. The molecule has 4 heteroatoms. The Morgan fingerprint density at radius 2 is 1.93 bits per heavy atom. The molecule has 2 rings (SSSR count). The zero-order chi connectivity index (χ0) is 10.1. The van der Waals surface area contributed by atoms with E-state index in [4.69, 9.17) is 0 Å². The summed E-state index contributed by atoms with van der Waals surface area (Å²) in [6, 6.07) is 6.22. The van der Waals surface area contributed by atoms with Crippen molar-refractivity contribution >= 4 is 3.87 Å². The summed E-state index contributed by atoms with van der Waals surface area (Å²) in [6.45, 7) is 0. The molecule has 0 unspecified atom stereocenters. The van der Waals surface area contributed by atoms with Crippen molar-refractivity contribution in [1.29, 1.82) is 0 Å². The number of benzene rings is 1. The van der Waals surface area contributed by atoms with Gasteiger partial charge < -0.3 is 0 Å². The van der Waals surface area contributed by atoms with Crippen molar-refractivity contribution in [2.24, 2.45) is 0 Å². The average Bonchev–Trinajstić information content (AvgIpc) is 2.67. The van der Waals surface area contributed by atoms with Crippen LogP contribution in [0.3, 0.4) is 0 Å². The van der Waals surface area contributed by atoms with Crippen LogP contribution in [0.4, 0.5) is 8.78 Å². The average molecular weight is 226 g/mol. The van der Waals surface area contributed by atoms with Crippen molar-refractivity contribution in [3.63, 3.8) is 0 Å². The first-order chi connectivity index (χ1) is 6.70. The number of hydrogen-bond acceptors (Lipinski definition) is 0. The molecular weight excluding hydrogens is 220 g/mol. The van der Waals surface area contributed by atoms with Crippen molar-refractivity contribution in [2.75, 3.05) is 0 Å². The second kappa shape index (κ2) is 3.67. The summed E-state index contributed by atoms with van der Waals surface area (Å²) in [6.07, 6.45) is 1.70. The third-order valence-corrected chi connectivity index (χ3v) is 2.69. The summed E-state index contributed by atoms with van der Waals surface area (Å²) < 4.78 is 26.6. The molecule has 0 amide bonds. The second-order valence-corrected chi connectivity index (χ2v) is 3.65. The quantitative estimate of drug-likeness (QED) is 0.717. The van der Waals surface area contributed by atoms with Gasteiger partial charge in [0.05, 0.1) is 0 Å². The molecule has 2 aromatic rings. The van der Waals surface area contributed by atoms with Gasteiger partial charge in [0, 0.05) is 0 Å². The van der Waals surface area contributed by atoms with Gasteiger partial charge in [-0.15, -0.1) is 0 Å². The number of halogens is 2. The predicted octanol–water partition coefficient (Wildman–Crippen LogP) is 2.13. The normalized spacial score (nSPS) is 10.4. The van der Waals surface area contributed by atoms with E-state index in [2.05, 4.69) is 4.98 Å². The molecule has 1 aromatic heterocycles. The van der Waals surface area contributed by atoms with E-state index in [1.54, 1.807) is 18.3 Å². The van der Waals surface area contributed by atoms with Crippen LogP contribution in [0.15, 0.2) is 30.5 Å². The summed E-state index contributed by atoms with van der Waals surface area (Å²) in [5.74, 6) is -1.02. The van der Waals surface area contributed by atoms with Gasteiger partial charge in [0.25, 0.3) is 0 Å². The molecule has 0 saturated carbocycles. The van der Waals surface area contributed by atoms with Gasteiger partial charge in [-0.3, -0.25) is 0 Å². The van der Waals surface area contributed by atoms with Crippen LogP contribution in [-0.2, 0) is 20.4 Å². The first-order valence-electron chi connectivity index (χ1n) is 4.03. The summed E-state index contributed by atoms with van der Waals surface area (Å²) in [7, 11) is 0. The van der Waals surface area contributed by atoms with Crippen molar-refractivity contribution < 1.29 is 29.2 Å². The summed E-state index contributed by atoms with van der Waals surface area (Å²) in [4.78, 5) is 2.88. The fourth-order valence-corrected chi connectivity index (χ4v) is 1.60. The molecule has 1 heterocycles. The van der Waals surface area contributed by atoms with Gasteiger partial charge in [-0.05, 0) is 0 Å². The van der Waals surface area contributed by atoms with Crippen LogP contribution in [0.25, 0.3) is 11.3 Å². The maximum absolute atomic E-state index is 13.6. The first-order valence-corrected chi connectivity index (χ1v) is 4.81. The Labute approximate surface area is 91.6 Å². The minimum atomic E-state index is -0.516. The molecule has 0 saturated heterocycles. The summed E-state index contributed by atoms with van der Waals surface area (Å²) in [5.41, 5.74) is 1.06. The molecule has 0 fully saturated rings. The molecule has 0 aliphatic rings. The van der Waals surface area contributed by atoms with Crippen molar-refractivity contribution in [2.45, 2.75) is 0 Å². The SMILES string of the molecule is Fc1ccc(-c2ccc[nH]2)c(F)[c]1[Ti]. The van der Waals surface area contributed by atoms with Crippen molar-refractivity contribution in [3.05, 3.63) is 42.1 Å². The summed E-state index contributed by atoms with van der Waals surface area (Å²) in [5, 5.41) is 0. The van der Waals surface area contributed by atoms with Gasteiger partial charge in [-0.1, -0.05) is 0 Å². The first kappa shape index (κ1) is 9.62. The van der Waals surface area contributed by atoms with Crippen LogP contribution in [-0.4, -0.2) is 4.98 Å². The van der Waals surface area contributed by atoms with Crippen LogP contribution >= 0.6 is 0 Å². The van der Waals surface area contributed by atoms with E-state index in [1.807, 2.05) is 0 Å². The molecule has 69 valence electrons. The number of rotatable bonds is 1. The van der Waals surface area contributed by atoms with Gasteiger partial charge in [-0.2, -0.15) is 0 Å². The molecule has 0 radical (unpaired) electrons. The molecule has 0 bridgehead atoms. The molecule has 14 heavy (non-hydrogen) atoms. The number of H-pyrrole nitrogens is 1. The van der Waals surface area contributed by atoms with Gasteiger partial charge in [-0.25, -0.2) is 0 Å². The zero-order valence-electron chi connectivity index (χ0n) is 7.14. The number of aromatic nitrogens is 1. The van der Waals surface area contributed by atoms with Gasteiger partial charge in [0.2, 0.25) is 0 Å². The van der Waals surface area contributed by atoms with E-state index >= 15 is 0 Å². The van der Waals surface area contributed by atoms with Gasteiger partial charge >= 0.3 is 91.4 Å². The van der Waals surface area contributed by atoms with Crippen LogP contribution in [0, 0.1) is 11.6 Å². The molecule has 0 aliphatic heterocycles. The van der Waals surface area contributed by atoms with E-state index in [-0.39, 0.29) is 3.87 Å². The fraction of sp³-hybridized carbons (Fsp3) is 0. The monoisotopic (exact) mass is 226 g/mol. The third kappa shape index (κ3) is 1.53. The Balaban J connectivity index is 2.61. The van der Waals surface area contributed by atoms with Crippen LogP contribution in [0.1, 0.15) is 0 Å². The zero-order valence-corrected chi connectivity index (χ0v) is 8.70. The number of hydrogen-bond donors (Lipinski definition) is 1. The molecule has 0 aliphatic carbocycles. The predicted molar refractivity (Wildman–Crippen MR) is 45.8 cm³/mol. The molecule has 1 N–H and O–H groups in total. The Morgan fingerprint density at radius 3 is 2.57 bits per heavy atom. The molecule has 1 aromatic carbocycles. The van der Waals surface area contributed by atoms with Crippen LogP contribution in [0.5, 0.6) is 0 Å². The Morgan fingerprint density at radius 1 is 1.14 bits per heavy atom. The maximum atomic E-state index is 13.6. The minimum absolute atomic E-state index is 0.0529. The van der Waals surface area contributed by atoms with E-state index in [0.717, 1.165) is 0 Å². The Hall–Kier alpha value is -0.926. The number of aromatic amines is 1. The van der Waals surface area contributed by atoms with E-state index in [0.29, 0.717) is 11.3 Å². The molecule has 0 spiro atoms. The topological polar surface area (TPSA) is 15.8 Å². The second-order valence-electron chi connectivity index (χ2n) is 2.87. The standard InChI is InChI=1S/C10H6F2N.Ti/c11-7-3-4-8(9(12)6-7)10-2-1-5-13-10;/h1-5,13H;. The fourth-order valence-electron chi connectivity index (χ4n) is 1.26. The van der Waals surface area contributed by atoms with Crippen molar-refractivity contribution in [1.82, 2.24) is 4.98 Å². The van der Waals surface area contributed by atoms with E-state index in [1.165, 1.54) is 32.6 Å². The van der Waals surface area contributed by atoms with E-state index < -0.39 is 11.6 Å². The third-order valence-electron chi connectivity index (χ3n) is 1.98. The van der Waals surface area contributed by atoms with E-state index in [9.17, 15) is 8.78 Å². The molecule has 1 nitrogen and oxygen atoms in total. The molecular formula is C10H6F2NTi. The van der Waals surface area contributed by atoms with Crippen molar-refractivity contribution in [3.8, 4) is 11.3 Å². The van der Waals surface area contributed by atoms with Crippen LogP contribution in [0.2, 0.25) is 0 Å².